The molecule has 1 saturated heterocycles. The van der Waals surface area contributed by atoms with Crippen molar-refractivity contribution in [2.45, 2.75) is 32.9 Å². The summed E-state index contributed by atoms with van der Waals surface area (Å²) < 4.78 is 4.83. The molecule has 18 heavy (non-hydrogen) atoms. The third-order valence-corrected chi connectivity index (χ3v) is 3.36. The molecule has 0 aromatic carbocycles. The minimum Gasteiger partial charge on any atom is -0.465 e. The summed E-state index contributed by atoms with van der Waals surface area (Å²) in [4.78, 5) is 36.1. The predicted molar refractivity (Wildman–Crippen MR) is 68.3 cm³/mol. The maximum Gasteiger partial charge on any atom is 0.325 e. The van der Waals surface area contributed by atoms with Gasteiger partial charge in [0.25, 0.3) is 5.24 Å². The van der Waals surface area contributed by atoms with E-state index in [2.05, 4.69) is 5.32 Å². The fourth-order valence-corrected chi connectivity index (χ4v) is 2.35. The highest BCUT2D eigenvalue weighted by molar-refractivity contribution is 8.14. The van der Waals surface area contributed by atoms with E-state index in [1.165, 1.54) is 4.90 Å². The third-order valence-electron chi connectivity index (χ3n) is 2.48. The molecule has 0 saturated carbocycles. The van der Waals surface area contributed by atoms with Gasteiger partial charge in [0.1, 0.15) is 12.6 Å². The van der Waals surface area contributed by atoms with E-state index in [4.69, 9.17) is 4.74 Å². The zero-order valence-electron chi connectivity index (χ0n) is 10.8. The summed E-state index contributed by atoms with van der Waals surface area (Å²) >= 11 is 1.08. The van der Waals surface area contributed by atoms with E-state index in [1.54, 1.807) is 6.92 Å². The van der Waals surface area contributed by atoms with Gasteiger partial charge in [-0.15, -0.1) is 0 Å². The van der Waals surface area contributed by atoms with Gasteiger partial charge in [-0.1, -0.05) is 11.8 Å². The van der Waals surface area contributed by atoms with Crippen LogP contribution in [-0.2, 0) is 14.3 Å². The molecule has 0 bridgehead atoms. The molecule has 1 unspecified atom stereocenters. The normalized spacial score (nSPS) is 18.7. The van der Waals surface area contributed by atoms with E-state index in [0.29, 0.717) is 5.75 Å². The lowest BCUT2D eigenvalue weighted by atomic mass is 10.2. The van der Waals surface area contributed by atoms with E-state index in [1.807, 2.05) is 13.8 Å². The number of rotatable bonds is 5. The molecule has 1 atom stereocenters. The first-order valence-electron chi connectivity index (χ1n) is 5.85. The van der Waals surface area contributed by atoms with E-state index in [-0.39, 0.29) is 30.3 Å². The summed E-state index contributed by atoms with van der Waals surface area (Å²) in [6.07, 6.45) is 0. The fraction of sp³-hybridized carbons (Fsp3) is 0.727. The van der Waals surface area contributed by atoms with Crippen molar-refractivity contribution in [3.8, 4) is 0 Å². The van der Waals surface area contributed by atoms with Gasteiger partial charge in [0.2, 0.25) is 5.91 Å². The second-order valence-corrected chi connectivity index (χ2v) is 5.15. The summed E-state index contributed by atoms with van der Waals surface area (Å²) in [7, 11) is 0. The summed E-state index contributed by atoms with van der Waals surface area (Å²) in [6, 6.07) is -0.663. The van der Waals surface area contributed by atoms with Crippen molar-refractivity contribution in [1.29, 1.82) is 0 Å². The standard InChI is InChI=1S/C11H18N2O4S/c1-4-17-9(14)5-13(7(2)3)10(15)8-6-18-11(16)12-8/h7-8H,4-6H2,1-3H3,(H,12,16). The van der Waals surface area contributed by atoms with Gasteiger partial charge in [-0.25, -0.2) is 0 Å². The summed E-state index contributed by atoms with van der Waals surface area (Å²) in [6.45, 7) is 5.56. The highest BCUT2D eigenvalue weighted by Gasteiger charge is 2.33. The molecule has 102 valence electrons. The number of hydrogen-bond donors (Lipinski definition) is 1. The van der Waals surface area contributed by atoms with Crippen molar-refractivity contribution in [2.75, 3.05) is 18.9 Å². The van der Waals surface area contributed by atoms with Crippen LogP contribution in [0.25, 0.3) is 0 Å². The van der Waals surface area contributed by atoms with Crippen LogP contribution in [0, 0.1) is 0 Å². The molecular weight excluding hydrogens is 256 g/mol. The average molecular weight is 274 g/mol. The Morgan fingerprint density at radius 2 is 2.22 bits per heavy atom. The maximum atomic E-state index is 12.2. The minimum absolute atomic E-state index is 0.0820. The molecule has 0 aromatic heterocycles. The molecule has 7 heteroatoms. The van der Waals surface area contributed by atoms with Gasteiger partial charge in [0.05, 0.1) is 6.61 Å². The fourth-order valence-electron chi connectivity index (χ4n) is 1.58. The van der Waals surface area contributed by atoms with Crippen LogP contribution in [0.2, 0.25) is 0 Å². The zero-order valence-corrected chi connectivity index (χ0v) is 11.6. The first-order chi connectivity index (χ1) is 8.45. The lowest BCUT2D eigenvalue weighted by Crippen LogP contribution is -2.50. The van der Waals surface area contributed by atoms with Crippen molar-refractivity contribution in [3.05, 3.63) is 0 Å². The minimum atomic E-state index is -0.542. The summed E-state index contributed by atoms with van der Waals surface area (Å²) in [5, 5.41) is 2.37. The van der Waals surface area contributed by atoms with Crippen molar-refractivity contribution in [2.24, 2.45) is 0 Å². The van der Waals surface area contributed by atoms with Crippen LogP contribution in [0.5, 0.6) is 0 Å². The SMILES string of the molecule is CCOC(=O)CN(C(=O)C1CSC(=O)N1)C(C)C. The molecule has 0 radical (unpaired) electrons. The summed E-state index contributed by atoms with van der Waals surface area (Å²) in [5.41, 5.74) is 0. The number of amides is 2. The van der Waals surface area contributed by atoms with Crippen LogP contribution < -0.4 is 5.32 Å². The molecule has 0 aliphatic carbocycles. The molecule has 1 N–H and O–H groups in total. The van der Waals surface area contributed by atoms with Crippen LogP contribution in [0.4, 0.5) is 4.79 Å². The highest BCUT2D eigenvalue weighted by Crippen LogP contribution is 2.16. The van der Waals surface area contributed by atoms with Gasteiger partial charge < -0.3 is 15.0 Å². The zero-order chi connectivity index (χ0) is 13.7. The van der Waals surface area contributed by atoms with Gasteiger partial charge in [0, 0.05) is 11.8 Å². The molecular formula is C11H18N2O4S. The molecule has 0 aromatic rings. The molecule has 6 nitrogen and oxygen atoms in total. The van der Waals surface area contributed by atoms with Crippen molar-refractivity contribution in [1.82, 2.24) is 10.2 Å². The van der Waals surface area contributed by atoms with Gasteiger partial charge in [-0.05, 0) is 20.8 Å². The molecule has 0 spiro atoms. The van der Waals surface area contributed by atoms with Crippen molar-refractivity contribution >= 4 is 28.9 Å². The number of nitrogens with zero attached hydrogens (tertiary/aromatic N) is 1. The Morgan fingerprint density at radius 3 is 2.67 bits per heavy atom. The first-order valence-corrected chi connectivity index (χ1v) is 6.83. The average Bonchev–Trinajstić information content (AvgIpc) is 2.72. The number of nitrogens with one attached hydrogen (secondary N) is 1. The van der Waals surface area contributed by atoms with Gasteiger partial charge >= 0.3 is 5.97 Å². The predicted octanol–water partition coefficient (Wildman–Crippen LogP) is 0.611. The lowest BCUT2D eigenvalue weighted by molar-refractivity contribution is -0.150. The molecule has 1 fully saturated rings. The lowest BCUT2D eigenvalue weighted by Gasteiger charge is -2.27. The number of thioether (sulfide) groups is 1. The Hall–Kier alpha value is -1.24. The van der Waals surface area contributed by atoms with Crippen LogP contribution in [-0.4, -0.2) is 53.0 Å². The molecule has 1 rings (SSSR count). The molecule has 1 aliphatic heterocycles. The van der Waals surface area contributed by atoms with Crippen LogP contribution in [0.15, 0.2) is 0 Å². The van der Waals surface area contributed by atoms with Crippen molar-refractivity contribution in [3.63, 3.8) is 0 Å². The Balaban J connectivity index is 2.63. The number of carbonyl (C=O) groups is 3. The van der Waals surface area contributed by atoms with E-state index < -0.39 is 12.0 Å². The van der Waals surface area contributed by atoms with Crippen LogP contribution in [0.3, 0.4) is 0 Å². The Bertz CT molecular complexity index is 346. The number of esters is 1. The number of carbonyl (C=O) groups excluding carboxylic acids is 3. The summed E-state index contributed by atoms with van der Waals surface area (Å²) in [5.74, 6) is -0.267. The second-order valence-electron chi connectivity index (χ2n) is 4.16. The number of hydrogen-bond acceptors (Lipinski definition) is 5. The Labute approximate surface area is 110 Å². The topological polar surface area (TPSA) is 75.7 Å². The molecule has 2 amide bonds. The van der Waals surface area contributed by atoms with Crippen LogP contribution in [0.1, 0.15) is 20.8 Å². The Kier molecular flexibility index (Phi) is 5.46. The van der Waals surface area contributed by atoms with Crippen molar-refractivity contribution < 1.29 is 19.1 Å². The maximum absolute atomic E-state index is 12.2. The third kappa shape index (κ3) is 3.90. The Morgan fingerprint density at radius 1 is 1.56 bits per heavy atom. The molecule has 1 aliphatic rings. The smallest absolute Gasteiger partial charge is 0.325 e. The van der Waals surface area contributed by atoms with Crippen LogP contribution >= 0.6 is 11.8 Å². The number of ether oxygens (including phenoxy) is 1. The van der Waals surface area contributed by atoms with Gasteiger partial charge in [0.15, 0.2) is 0 Å². The quantitative estimate of drug-likeness (QED) is 0.743. The molecule has 1 heterocycles. The second kappa shape index (κ2) is 6.63. The largest absolute Gasteiger partial charge is 0.465 e. The van der Waals surface area contributed by atoms with E-state index in [9.17, 15) is 14.4 Å². The first kappa shape index (κ1) is 14.8. The monoisotopic (exact) mass is 274 g/mol. The van der Waals surface area contributed by atoms with Gasteiger partial charge in [-0.3, -0.25) is 14.4 Å². The van der Waals surface area contributed by atoms with E-state index >= 15 is 0 Å². The van der Waals surface area contributed by atoms with E-state index in [0.717, 1.165) is 11.8 Å². The van der Waals surface area contributed by atoms with Gasteiger partial charge in [-0.2, -0.15) is 0 Å². The highest BCUT2D eigenvalue weighted by atomic mass is 32.2.